The van der Waals surface area contributed by atoms with Crippen molar-refractivity contribution in [1.29, 1.82) is 0 Å². The predicted octanol–water partition coefficient (Wildman–Crippen LogP) is 5.54. The Kier molecular flexibility index (Phi) is 7.63. The van der Waals surface area contributed by atoms with Crippen LogP contribution in [-0.2, 0) is 27.4 Å². The van der Waals surface area contributed by atoms with E-state index >= 15 is 0 Å². The van der Waals surface area contributed by atoms with Gasteiger partial charge in [0.05, 0.1) is 17.0 Å². The molecule has 2 heterocycles. The summed E-state index contributed by atoms with van der Waals surface area (Å²) < 4.78 is 35.4. The molecule has 190 valence electrons. The first-order chi connectivity index (χ1) is 17.6. The molecule has 0 aliphatic carbocycles. The highest BCUT2D eigenvalue weighted by molar-refractivity contribution is 7.92. The molecule has 0 spiro atoms. The van der Waals surface area contributed by atoms with Crippen molar-refractivity contribution in [3.8, 4) is 22.9 Å². The first-order valence-corrected chi connectivity index (χ1v) is 13.8. The summed E-state index contributed by atoms with van der Waals surface area (Å²) in [7, 11) is -2.55. The zero-order valence-electron chi connectivity index (χ0n) is 20.7. The van der Waals surface area contributed by atoms with Gasteiger partial charge in [0, 0.05) is 53.5 Å². The number of carbonyl (C=O) groups is 2. The molecule has 9 heteroatoms. The number of Topliss-reactive ketones (excluding diaryl/α,β-unsaturated/α-hetero) is 1. The molecule has 0 aliphatic rings. The smallest absolute Gasteiger partial charge is 0.286 e. The molecule has 0 atom stereocenters. The zero-order chi connectivity index (χ0) is 26.6. The van der Waals surface area contributed by atoms with Crippen LogP contribution in [0.25, 0.3) is 11.4 Å². The van der Waals surface area contributed by atoms with Gasteiger partial charge in [-0.2, -0.15) is 4.36 Å². The van der Waals surface area contributed by atoms with E-state index in [0.29, 0.717) is 28.5 Å². The highest BCUT2D eigenvalue weighted by Crippen LogP contribution is 2.26. The number of nitrogens with one attached hydrogen (secondary N) is 1. The summed E-state index contributed by atoms with van der Waals surface area (Å²) >= 11 is 0. The third-order valence-electron chi connectivity index (χ3n) is 5.39. The van der Waals surface area contributed by atoms with Crippen LogP contribution in [0.2, 0.25) is 0 Å². The maximum absolute atomic E-state index is 14.0. The number of nitrogens with zero attached hydrogens (tertiary/aromatic N) is 2. The standard InChI is InChI=1S/C28H26FN3O4S/c1-18-4-9-25(29)20(12-18)14-22(33)13-19-5-7-23(8-6-19)36-24-10-11-30-27(16-24)26-15-21(17-31-26)28(34)32-37(2,3)35/h4-12,15-17,31H,13-14H2,1-3H3. The number of ether oxygens (including phenoxy) is 1. The van der Waals surface area contributed by atoms with E-state index in [1.54, 1.807) is 60.8 Å². The van der Waals surface area contributed by atoms with Crippen LogP contribution in [0.3, 0.4) is 0 Å². The molecule has 2 aromatic carbocycles. The van der Waals surface area contributed by atoms with Crippen molar-refractivity contribution in [2.45, 2.75) is 19.8 Å². The summed E-state index contributed by atoms with van der Waals surface area (Å²) in [5.41, 5.74) is 3.54. The number of aryl methyl sites for hydroxylation is 1. The fourth-order valence-electron chi connectivity index (χ4n) is 3.69. The van der Waals surface area contributed by atoms with E-state index in [4.69, 9.17) is 4.74 Å². The number of aromatic amines is 1. The van der Waals surface area contributed by atoms with Crippen LogP contribution in [0.15, 0.2) is 77.4 Å². The maximum Gasteiger partial charge on any atom is 0.286 e. The van der Waals surface area contributed by atoms with Gasteiger partial charge in [0.1, 0.15) is 23.1 Å². The predicted molar refractivity (Wildman–Crippen MR) is 141 cm³/mol. The zero-order valence-corrected chi connectivity index (χ0v) is 21.5. The van der Waals surface area contributed by atoms with Gasteiger partial charge < -0.3 is 9.72 Å². The molecular formula is C28H26FN3O4S. The second-order valence-corrected chi connectivity index (χ2v) is 11.5. The van der Waals surface area contributed by atoms with Crippen LogP contribution in [0.5, 0.6) is 11.5 Å². The normalized spacial score (nSPS) is 11.2. The van der Waals surface area contributed by atoms with Gasteiger partial charge >= 0.3 is 0 Å². The van der Waals surface area contributed by atoms with E-state index in [1.807, 2.05) is 6.92 Å². The number of hydrogen-bond acceptors (Lipinski definition) is 5. The highest BCUT2D eigenvalue weighted by Gasteiger charge is 2.13. The molecule has 0 unspecified atom stereocenters. The number of ketones is 1. The van der Waals surface area contributed by atoms with Gasteiger partial charge in [-0.1, -0.05) is 29.8 Å². The molecule has 0 aliphatic heterocycles. The van der Waals surface area contributed by atoms with Gasteiger partial charge in [0.15, 0.2) is 0 Å². The Balaban J connectivity index is 1.40. The lowest BCUT2D eigenvalue weighted by Gasteiger charge is -2.08. The van der Waals surface area contributed by atoms with Crippen molar-refractivity contribution in [2.24, 2.45) is 4.36 Å². The fraction of sp³-hybridized carbons (Fsp3) is 0.179. The van der Waals surface area contributed by atoms with E-state index in [-0.39, 0.29) is 30.0 Å². The van der Waals surface area contributed by atoms with Crippen molar-refractivity contribution < 1.29 is 22.9 Å². The summed E-state index contributed by atoms with van der Waals surface area (Å²) in [5, 5.41) is 0. The number of aromatic nitrogens is 2. The molecule has 1 N–H and O–H groups in total. The Bertz CT molecular complexity index is 1580. The van der Waals surface area contributed by atoms with Crippen molar-refractivity contribution in [3.05, 3.63) is 101 Å². The van der Waals surface area contributed by atoms with Crippen LogP contribution < -0.4 is 4.74 Å². The Morgan fingerprint density at radius 1 is 1.00 bits per heavy atom. The van der Waals surface area contributed by atoms with E-state index in [2.05, 4.69) is 14.3 Å². The van der Waals surface area contributed by atoms with Gasteiger partial charge in [-0.05, 0) is 48.4 Å². The Morgan fingerprint density at radius 2 is 1.76 bits per heavy atom. The van der Waals surface area contributed by atoms with Crippen LogP contribution in [0, 0.1) is 12.7 Å². The Morgan fingerprint density at radius 3 is 2.49 bits per heavy atom. The van der Waals surface area contributed by atoms with E-state index in [0.717, 1.165) is 11.1 Å². The minimum Gasteiger partial charge on any atom is -0.457 e. The number of halogens is 1. The molecule has 0 radical (unpaired) electrons. The molecule has 4 rings (SSSR count). The highest BCUT2D eigenvalue weighted by atomic mass is 32.2. The van der Waals surface area contributed by atoms with E-state index < -0.39 is 15.6 Å². The summed E-state index contributed by atoms with van der Waals surface area (Å²) in [6.45, 7) is 1.86. The molecule has 4 aromatic rings. The van der Waals surface area contributed by atoms with E-state index in [9.17, 15) is 18.2 Å². The average Bonchev–Trinajstić information content (AvgIpc) is 3.33. The van der Waals surface area contributed by atoms with Crippen molar-refractivity contribution in [2.75, 3.05) is 12.5 Å². The topological polar surface area (TPSA) is 101 Å². The SMILES string of the molecule is Cc1ccc(F)c(CC(=O)Cc2ccc(Oc3ccnc(-c4cc(C(=O)N=S(C)(C)=O)c[nH]4)c3)cc2)c1. The van der Waals surface area contributed by atoms with Crippen LogP contribution in [-0.4, -0.2) is 38.4 Å². The monoisotopic (exact) mass is 519 g/mol. The first kappa shape index (κ1) is 26.0. The molecule has 0 saturated heterocycles. The molecule has 0 saturated carbocycles. The number of rotatable bonds is 8. The molecule has 7 nitrogen and oxygen atoms in total. The largest absolute Gasteiger partial charge is 0.457 e. The molecule has 1 amide bonds. The molecular weight excluding hydrogens is 493 g/mol. The Hall–Kier alpha value is -4.11. The van der Waals surface area contributed by atoms with Gasteiger partial charge in [-0.15, -0.1) is 0 Å². The number of pyridine rings is 1. The summed E-state index contributed by atoms with van der Waals surface area (Å²) in [4.78, 5) is 31.9. The molecule has 2 aromatic heterocycles. The average molecular weight is 520 g/mol. The second-order valence-electron chi connectivity index (χ2n) is 8.99. The lowest BCUT2D eigenvalue weighted by Crippen LogP contribution is -2.08. The van der Waals surface area contributed by atoms with Gasteiger partial charge in [0.2, 0.25) is 0 Å². The lowest BCUT2D eigenvalue weighted by molar-refractivity contribution is -0.117. The minimum atomic E-state index is -2.55. The van der Waals surface area contributed by atoms with Crippen LogP contribution in [0.1, 0.15) is 27.0 Å². The van der Waals surface area contributed by atoms with Crippen LogP contribution >= 0.6 is 0 Å². The van der Waals surface area contributed by atoms with E-state index in [1.165, 1.54) is 24.8 Å². The van der Waals surface area contributed by atoms with Crippen molar-refractivity contribution in [1.82, 2.24) is 9.97 Å². The van der Waals surface area contributed by atoms with Gasteiger partial charge in [-0.25, -0.2) is 8.60 Å². The molecule has 0 fully saturated rings. The molecule has 37 heavy (non-hydrogen) atoms. The second kappa shape index (κ2) is 10.9. The first-order valence-electron chi connectivity index (χ1n) is 11.5. The fourth-order valence-corrected chi connectivity index (χ4v) is 4.20. The quantitative estimate of drug-likeness (QED) is 0.329. The number of H-pyrrole nitrogens is 1. The summed E-state index contributed by atoms with van der Waals surface area (Å²) in [5.74, 6) is 0.0891. The lowest BCUT2D eigenvalue weighted by atomic mass is 10.0. The van der Waals surface area contributed by atoms with Gasteiger partial charge in [-0.3, -0.25) is 14.6 Å². The summed E-state index contributed by atoms with van der Waals surface area (Å²) in [6, 6.07) is 16.9. The Labute approximate surface area is 214 Å². The molecule has 0 bridgehead atoms. The van der Waals surface area contributed by atoms with Crippen molar-refractivity contribution >= 4 is 21.4 Å². The maximum atomic E-state index is 14.0. The number of benzene rings is 2. The number of carbonyl (C=O) groups excluding carboxylic acids is 2. The van der Waals surface area contributed by atoms with Crippen molar-refractivity contribution in [3.63, 3.8) is 0 Å². The number of hydrogen-bond donors (Lipinski definition) is 1. The minimum absolute atomic E-state index is 0.0432. The summed E-state index contributed by atoms with van der Waals surface area (Å²) in [6.07, 6.45) is 6.12. The third-order valence-corrected chi connectivity index (χ3v) is 5.99. The number of amides is 1. The van der Waals surface area contributed by atoms with Crippen LogP contribution in [0.4, 0.5) is 4.39 Å². The van der Waals surface area contributed by atoms with Gasteiger partial charge in [0.25, 0.3) is 5.91 Å². The third kappa shape index (κ3) is 7.20.